The number of azide groups is 1. The molecule has 0 rings (SSSR count). The van der Waals surface area contributed by atoms with Gasteiger partial charge >= 0.3 is 29.6 Å². The minimum atomic E-state index is 0. The fourth-order valence-corrected chi connectivity index (χ4v) is 0.177. The molecular formula is C3H8N3NaO. The molecule has 0 aromatic heterocycles. The van der Waals surface area contributed by atoms with Crippen molar-refractivity contribution in [1.82, 2.24) is 0 Å². The van der Waals surface area contributed by atoms with Crippen LogP contribution < -0.4 is 0 Å². The molecule has 0 fully saturated rings. The van der Waals surface area contributed by atoms with Crippen molar-refractivity contribution < 1.29 is 4.74 Å². The number of nitrogens with zero attached hydrogens (tertiary/aromatic N) is 3. The van der Waals surface area contributed by atoms with E-state index in [0.29, 0.717) is 13.2 Å². The van der Waals surface area contributed by atoms with Crippen molar-refractivity contribution in [3.05, 3.63) is 10.4 Å². The van der Waals surface area contributed by atoms with E-state index in [0.717, 1.165) is 0 Å². The summed E-state index contributed by atoms with van der Waals surface area (Å²) < 4.78 is 4.58. The van der Waals surface area contributed by atoms with E-state index in [9.17, 15) is 0 Å². The Labute approximate surface area is 70.1 Å². The molecular weight excluding hydrogens is 117 g/mol. The molecule has 0 amide bonds. The Morgan fingerprint density at radius 3 is 2.75 bits per heavy atom. The fourth-order valence-electron chi connectivity index (χ4n) is 0.177. The van der Waals surface area contributed by atoms with Gasteiger partial charge in [0.25, 0.3) is 0 Å². The van der Waals surface area contributed by atoms with Gasteiger partial charge in [0.1, 0.15) is 0 Å². The number of hydrogen-bond donors (Lipinski definition) is 0. The molecule has 4 nitrogen and oxygen atoms in total. The number of methoxy groups -OCH3 is 1. The fraction of sp³-hybridized carbons (Fsp3) is 1.00. The van der Waals surface area contributed by atoms with Crippen LogP contribution in [-0.4, -0.2) is 49.8 Å². The van der Waals surface area contributed by atoms with E-state index < -0.39 is 0 Å². The Balaban J connectivity index is 0. The molecule has 0 aliphatic carbocycles. The second kappa shape index (κ2) is 10.3. The zero-order valence-corrected chi connectivity index (χ0v) is 4.16. The molecule has 0 unspecified atom stereocenters. The van der Waals surface area contributed by atoms with Crippen LogP contribution in [0.5, 0.6) is 0 Å². The van der Waals surface area contributed by atoms with Gasteiger partial charge in [0.2, 0.25) is 0 Å². The van der Waals surface area contributed by atoms with Crippen molar-refractivity contribution in [3.8, 4) is 0 Å². The number of rotatable bonds is 3. The van der Waals surface area contributed by atoms with Gasteiger partial charge in [-0.15, -0.1) is 0 Å². The summed E-state index contributed by atoms with van der Waals surface area (Å²) in [5.41, 5.74) is 7.70. The molecule has 0 saturated heterocycles. The predicted molar refractivity (Wildman–Crippen MR) is 33.0 cm³/mol. The molecule has 0 aliphatic heterocycles. The van der Waals surface area contributed by atoms with Crippen LogP contribution in [-0.2, 0) is 4.74 Å². The Morgan fingerprint density at radius 1 is 1.75 bits per heavy atom. The van der Waals surface area contributed by atoms with Crippen molar-refractivity contribution in [2.75, 3.05) is 20.3 Å². The first-order valence-corrected chi connectivity index (χ1v) is 1.91. The van der Waals surface area contributed by atoms with Gasteiger partial charge in [0.05, 0.1) is 6.61 Å². The van der Waals surface area contributed by atoms with Gasteiger partial charge in [-0.2, -0.15) is 0 Å². The van der Waals surface area contributed by atoms with E-state index in [1.54, 1.807) is 7.11 Å². The third-order valence-electron chi connectivity index (χ3n) is 0.459. The third-order valence-corrected chi connectivity index (χ3v) is 0.459. The first kappa shape index (κ1) is 11.1. The predicted octanol–water partition coefficient (Wildman–Crippen LogP) is 0.295. The summed E-state index contributed by atoms with van der Waals surface area (Å²) in [6, 6.07) is 0. The maximum absolute atomic E-state index is 7.70. The summed E-state index contributed by atoms with van der Waals surface area (Å²) in [5, 5.41) is 3.22. The standard InChI is InChI=1S/C3H7N3O.Na.H/c1-7-3-2-5-6-4;;/h2-3H2,1H3;;. The zero-order valence-electron chi connectivity index (χ0n) is 4.16. The van der Waals surface area contributed by atoms with Crippen LogP contribution >= 0.6 is 0 Å². The van der Waals surface area contributed by atoms with E-state index in [1.807, 2.05) is 0 Å². The Hall–Kier alpha value is 0.270. The Morgan fingerprint density at radius 2 is 2.38 bits per heavy atom. The van der Waals surface area contributed by atoms with Gasteiger partial charge < -0.3 is 4.74 Å². The summed E-state index contributed by atoms with van der Waals surface area (Å²) in [6.45, 7) is 0.928. The Kier molecular flexibility index (Phi) is 14.3. The second-order valence-electron chi connectivity index (χ2n) is 0.947. The monoisotopic (exact) mass is 125 g/mol. The summed E-state index contributed by atoms with van der Waals surface area (Å²) in [6.07, 6.45) is 0. The quantitative estimate of drug-likeness (QED) is 0.176. The van der Waals surface area contributed by atoms with Gasteiger partial charge in [-0.05, 0) is 5.53 Å². The van der Waals surface area contributed by atoms with E-state index in [2.05, 4.69) is 14.8 Å². The first-order valence-electron chi connectivity index (χ1n) is 1.91. The van der Waals surface area contributed by atoms with E-state index in [4.69, 9.17) is 5.53 Å². The molecule has 0 N–H and O–H groups in total. The van der Waals surface area contributed by atoms with Crippen molar-refractivity contribution in [2.24, 2.45) is 5.11 Å². The van der Waals surface area contributed by atoms with Crippen molar-refractivity contribution in [2.45, 2.75) is 0 Å². The van der Waals surface area contributed by atoms with E-state index >= 15 is 0 Å². The van der Waals surface area contributed by atoms with Crippen LogP contribution in [0.4, 0.5) is 0 Å². The van der Waals surface area contributed by atoms with Gasteiger partial charge in [0.15, 0.2) is 0 Å². The van der Waals surface area contributed by atoms with Crippen molar-refractivity contribution >= 4 is 29.6 Å². The van der Waals surface area contributed by atoms with Gasteiger partial charge in [0, 0.05) is 18.6 Å². The third kappa shape index (κ3) is 9.55. The molecule has 0 radical (unpaired) electrons. The van der Waals surface area contributed by atoms with Gasteiger partial charge in [-0.25, -0.2) is 0 Å². The molecule has 42 valence electrons. The van der Waals surface area contributed by atoms with Gasteiger partial charge in [-0.3, -0.25) is 0 Å². The van der Waals surface area contributed by atoms with Crippen molar-refractivity contribution in [3.63, 3.8) is 0 Å². The normalized spacial score (nSPS) is 6.62. The van der Waals surface area contributed by atoms with Crippen LogP contribution in [0, 0.1) is 0 Å². The molecule has 0 bridgehead atoms. The van der Waals surface area contributed by atoms with Crippen LogP contribution in [0.15, 0.2) is 5.11 Å². The van der Waals surface area contributed by atoms with Crippen LogP contribution in [0.25, 0.3) is 10.4 Å². The maximum atomic E-state index is 7.70. The molecule has 0 saturated carbocycles. The first-order chi connectivity index (χ1) is 3.41. The molecule has 0 atom stereocenters. The molecule has 0 spiro atoms. The Bertz CT molecular complexity index is 80.6. The SMILES string of the molecule is COCCN=[N+]=[N-].[NaH]. The van der Waals surface area contributed by atoms with Crippen LogP contribution in [0.2, 0.25) is 0 Å². The van der Waals surface area contributed by atoms with Gasteiger partial charge in [-0.1, -0.05) is 5.11 Å². The number of ether oxygens (including phenoxy) is 1. The van der Waals surface area contributed by atoms with Crippen molar-refractivity contribution in [1.29, 1.82) is 0 Å². The average molecular weight is 125 g/mol. The van der Waals surface area contributed by atoms with Crippen LogP contribution in [0.3, 0.4) is 0 Å². The summed E-state index contributed by atoms with van der Waals surface area (Å²) in [4.78, 5) is 2.52. The van der Waals surface area contributed by atoms with Crippen LogP contribution in [0.1, 0.15) is 0 Å². The minimum absolute atomic E-state index is 0. The summed E-state index contributed by atoms with van der Waals surface area (Å²) in [5.74, 6) is 0. The second-order valence-corrected chi connectivity index (χ2v) is 0.947. The molecule has 0 aromatic carbocycles. The molecule has 8 heavy (non-hydrogen) atoms. The molecule has 0 heterocycles. The molecule has 0 aliphatic rings. The topological polar surface area (TPSA) is 58.0 Å². The van der Waals surface area contributed by atoms with E-state index in [1.165, 1.54) is 0 Å². The molecule has 0 aromatic rings. The number of hydrogen-bond acceptors (Lipinski definition) is 2. The summed E-state index contributed by atoms with van der Waals surface area (Å²) >= 11 is 0. The van der Waals surface area contributed by atoms with E-state index in [-0.39, 0.29) is 29.6 Å². The average Bonchev–Trinajstić information content (AvgIpc) is 1.69. The molecule has 5 heteroatoms. The summed E-state index contributed by atoms with van der Waals surface area (Å²) in [7, 11) is 1.56. The zero-order chi connectivity index (χ0) is 5.54.